The first-order chi connectivity index (χ1) is 12.5. The maximum absolute atomic E-state index is 13.2. The lowest BCUT2D eigenvalue weighted by Crippen LogP contribution is -2.15. The molecule has 2 N–H and O–H groups in total. The summed E-state index contributed by atoms with van der Waals surface area (Å²) in [4.78, 5) is 16.0. The van der Waals surface area contributed by atoms with Crippen LogP contribution in [0.25, 0.3) is 0 Å². The molecular formula is C18H17FN4O3. The van der Waals surface area contributed by atoms with Gasteiger partial charge in [0.2, 0.25) is 5.82 Å². The summed E-state index contributed by atoms with van der Waals surface area (Å²) in [5, 5.41) is 16.8. The quantitative estimate of drug-likeness (QED) is 0.708. The molecule has 26 heavy (non-hydrogen) atoms. The maximum Gasteiger partial charge on any atom is 0.295 e. The first-order valence-corrected chi connectivity index (χ1v) is 7.83. The lowest BCUT2D eigenvalue weighted by Gasteiger charge is -2.11. The zero-order chi connectivity index (χ0) is 18.5. The van der Waals surface area contributed by atoms with Crippen molar-refractivity contribution in [3.63, 3.8) is 0 Å². The molecule has 134 valence electrons. The number of benzene rings is 2. The molecule has 0 saturated heterocycles. The molecule has 0 aliphatic heterocycles. The highest BCUT2D eigenvalue weighted by Crippen LogP contribution is 2.18. The average molecular weight is 356 g/mol. The van der Waals surface area contributed by atoms with Crippen molar-refractivity contribution in [1.29, 1.82) is 0 Å². The summed E-state index contributed by atoms with van der Waals surface area (Å²) >= 11 is 0. The van der Waals surface area contributed by atoms with Gasteiger partial charge in [-0.1, -0.05) is 18.2 Å². The van der Waals surface area contributed by atoms with Crippen molar-refractivity contribution in [2.75, 3.05) is 12.4 Å². The number of rotatable bonds is 6. The molecule has 0 fully saturated rings. The fourth-order valence-corrected chi connectivity index (χ4v) is 2.35. The third-order valence-corrected chi connectivity index (χ3v) is 3.68. The number of carbonyl (C=O) groups is 1. The van der Waals surface area contributed by atoms with E-state index in [1.165, 1.54) is 29.2 Å². The van der Waals surface area contributed by atoms with E-state index >= 15 is 0 Å². The number of nitrogens with zero attached hydrogens (tertiary/aromatic N) is 3. The molecule has 0 aliphatic carbocycles. The minimum absolute atomic E-state index is 0.0730. The third kappa shape index (κ3) is 4.22. The number of amides is 1. The number of hydrogen-bond donors (Lipinski definition) is 2. The molecule has 8 heteroatoms. The highest BCUT2D eigenvalue weighted by atomic mass is 19.1. The minimum Gasteiger partial charge on any atom is -0.497 e. The van der Waals surface area contributed by atoms with Crippen LogP contribution in [0.2, 0.25) is 0 Å². The number of ether oxygens (including phenoxy) is 1. The Morgan fingerprint density at radius 3 is 2.77 bits per heavy atom. The number of nitrogens with one attached hydrogen (secondary N) is 1. The highest BCUT2D eigenvalue weighted by molar-refractivity contribution is 6.01. The molecule has 0 bridgehead atoms. The standard InChI is InChI=1S/C18H17FN4O3/c1-26-15-7-5-12(6-8-15)16(24)10-23-11-20-17(22-23)18(25)21-14-4-2-3-13(19)9-14/h2-9,11,16,24H,10H2,1H3,(H,21,25). The van der Waals surface area contributed by atoms with Crippen LogP contribution >= 0.6 is 0 Å². The van der Waals surface area contributed by atoms with E-state index in [2.05, 4.69) is 15.4 Å². The second kappa shape index (κ2) is 7.75. The van der Waals surface area contributed by atoms with Gasteiger partial charge in [0.1, 0.15) is 17.9 Å². The van der Waals surface area contributed by atoms with Crippen molar-refractivity contribution in [1.82, 2.24) is 14.8 Å². The summed E-state index contributed by atoms with van der Waals surface area (Å²) in [5.74, 6) is -0.397. The predicted molar refractivity (Wildman–Crippen MR) is 92.3 cm³/mol. The van der Waals surface area contributed by atoms with Gasteiger partial charge in [-0.3, -0.25) is 4.79 Å². The second-order valence-electron chi connectivity index (χ2n) is 5.54. The molecule has 2 aromatic carbocycles. The largest absolute Gasteiger partial charge is 0.497 e. The van der Waals surface area contributed by atoms with Crippen LogP contribution in [0.4, 0.5) is 10.1 Å². The zero-order valence-corrected chi connectivity index (χ0v) is 14.0. The van der Waals surface area contributed by atoms with Crippen molar-refractivity contribution in [2.45, 2.75) is 12.6 Å². The van der Waals surface area contributed by atoms with Crippen molar-refractivity contribution >= 4 is 11.6 Å². The Labute approximate surface area is 149 Å². The van der Waals surface area contributed by atoms with Crippen molar-refractivity contribution in [3.05, 3.63) is 72.1 Å². The van der Waals surface area contributed by atoms with E-state index in [1.54, 1.807) is 37.4 Å². The zero-order valence-electron chi connectivity index (χ0n) is 14.0. The smallest absolute Gasteiger partial charge is 0.295 e. The number of carbonyl (C=O) groups excluding carboxylic acids is 1. The van der Waals surface area contributed by atoms with E-state index in [-0.39, 0.29) is 12.4 Å². The number of halogens is 1. The van der Waals surface area contributed by atoms with E-state index < -0.39 is 17.8 Å². The average Bonchev–Trinajstić information content (AvgIpc) is 3.10. The molecule has 1 heterocycles. The first kappa shape index (κ1) is 17.6. The Hall–Kier alpha value is -3.26. The molecule has 1 aromatic heterocycles. The van der Waals surface area contributed by atoms with Gasteiger partial charge in [-0.15, -0.1) is 5.10 Å². The Kier molecular flexibility index (Phi) is 5.23. The molecule has 0 aliphatic rings. The van der Waals surface area contributed by atoms with E-state index in [9.17, 15) is 14.3 Å². The molecule has 1 amide bonds. The summed E-state index contributed by atoms with van der Waals surface area (Å²) in [7, 11) is 1.57. The second-order valence-corrected chi connectivity index (χ2v) is 5.54. The fraction of sp³-hybridized carbons (Fsp3) is 0.167. The number of aliphatic hydroxyl groups is 1. The summed E-state index contributed by atoms with van der Waals surface area (Å²) in [6.45, 7) is 0.132. The monoisotopic (exact) mass is 356 g/mol. The normalized spacial score (nSPS) is 11.8. The van der Waals surface area contributed by atoms with Gasteiger partial charge in [0.15, 0.2) is 0 Å². The van der Waals surface area contributed by atoms with E-state index in [1.807, 2.05) is 0 Å². The van der Waals surface area contributed by atoms with Crippen molar-refractivity contribution in [2.24, 2.45) is 0 Å². The number of aliphatic hydroxyl groups excluding tert-OH is 1. The summed E-state index contributed by atoms with van der Waals surface area (Å²) in [5.41, 5.74) is 0.997. The van der Waals surface area contributed by atoms with Gasteiger partial charge in [0.25, 0.3) is 5.91 Å². The summed E-state index contributed by atoms with van der Waals surface area (Å²) < 4.78 is 19.6. The summed E-state index contributed by atoms with van der Waals surface area (Å²) in [6.07, 6.45) is 0.537. The van der Waals surface area contributed by atoms with Crippen molar-refractivity contribution < 1.29 is 19.0 Å². The molecular weight excluding hydrogens is 339 g/mol. The van der Waals surface area contributed by atoms with Crippen LogP contribution in [-0.2, 0) is 6.54 Å². The number of aromatic nitrogens is 3. The molecule has 0 spiro atoms. The van der Waals surface area contributed by atoms with Crippen LogP contribution in [-0.4, -0.2) is 32.9 Å². The van der Waals surface area contributed by atoms with Crippen LogP contribution in [0.15, 0.2) is 54.9 Å². The minimum atomic E-state index is -0.818. The fourth-order valence-electron chi connectivity index (χ4n) is 2.35. The van der Waals surface area contributed by atoms with Crippen LogP contribution in [0.3, 0.4) is 0 Å². The Bertz CT molecular complexity index is 895. The Morgan fingerprint density at radius 1 is 1.31 bits per heavy atom. The van der Waals surface area contributed by atoms with Crippen LogP contribution in [0.5, 0.6) is 5.75 Å². The number of methoxy groups -OCH3 is 1. The predicted octanol–water partition coefficient (Wildman–Crippen LogP) is 2.41. The lowest BCUT2D eigenvalue weighted by atomic mass is 10.1. The van der Waals surface area contributed by atoms with Gasteiger partial charge < -0.3 is 15.2 Å². The molecule has 1 unspecified atom stereocenters. The van der Waals surface area contributed by atoms with Gasteiger partial charge in [0, 0.05) is 5.69 Å². The molecule has 1 atom stereocenters. The Balaban J connectivity index is 1.64. The van der Waals surface area contributed by atoms with Gasteiger partial charge in [0.05, 0.1) is 19.8 Å². The van der Waals surface area contributed by atoms with E-state index in [0.717, 1.165) is 0 Å². The number of anilines is 1. The van der Waals surface area contributed by atoms with Gasteiger partial charge in [-0.2, -0.15) is 0 Å². The lowest BCUT2D eigenvalue weighted by molar-refractivity contribution is 0.101. The van der Waals surface area contributed by atoms with Crippen molar-refractivity contribution in [3.8, 4) is 5.75 Å². The van der Waals surface area contributed by atoms with Crippen LogP contribution < -0.4 is 10.1 Å². The van der Waals surface area contributed by atoms with Crippen LogP contribution in [0, 0.1) is 5.82 Å². The molecule has 3 aromatic rings. The SMILES string of the molecule is COc1ccc(C(O)Cn2cnc(C(=O)Nc3cccc(F)c3)n2)cc1. The van der Waals surface area contributed by atoms with Gasteiger partial charge in [-0.05, 0) is 35.9 Å². The molecule has 7 nitrogen and oxygen atoms in total. The molecule has 0 saturated carbocycles. The number of hydrogen-bond acceptors (Lipinski definition) is 5. The highest BCUT2D eigenvalue weighted by Gasteiger charge is 2.15. The molecule has 0 radical (unpaired) electrons. The van der Waals surface area contributed by atoms with Gasteiger partial charge >= 0.3 is 0 Å². The Morgan fingerprint density at radius 2 is 2.08 bits per heavy atom. The van der Waals surface area contributed by atoms with Gasteiger partial charge in [-0.25, -0.2) is 14.1 Å². The third-order valence-electron chi connectivity index (χ3n) is 3.68. The molecule has 3 rings (SSSR count). The topological polar surface area (TPSA) is 89.3 Å². The maximum atomic E-state index is 13.2. The van der Waals surface area contributed by atoms with Crippen LogP contribution in [0.1, 0.15) is 22.3 Å². The van der Waals surface area contributed by atoms with E-state index in [0.29, 0.717) is 17.0 Å². The first-order valence-electron chi connectivity index (χ1n) is 7.83. The van der Waals surface area contributed by atoms with E-state index in [4.69, 9.17) is 4.74 Å². The summed E-state index contributed by atoms with van der Waals surface area (Å²) in [6, 6.07) is 12.5.